The monoisotopic (exact) mass is 429 g/mol. The van der Waals surface area contributed by atoms with Crippen molar-refractivity contribution >= 4 is 29.9 Å². The Kier molecular flexibility index (Phi) is 8.53. The maximum Gasteiger partial charge on any atom is 0.194 e. The van der Waals surface area contributed by atoms with Crippen molar-refractivity contribution in [1.29, 1.82) is 0 Å². The molecule has 2 aromatic heterocycles. The molecule has 0 saturated carbocycles. The number of aliphatic imine (C=N–C) groups is 1. The normalized spacial score (nSPS) is 11.0. The summed E-state index contributed by atoms with van der Waals surface area (Å²) in [6, 6.07) is 7.71. The number of halogens is 1. The summed E-state index contributed by atoms with van der Waals surface area (Å²) < 4.78 is 10.7. The zero-order valence-electron chi connectivity index (χ0n) is 13.6. The molecule has 0 aromatic carbocycles. The highest BCUT2D eigenvalue weighted by atomic mass is 127. The van der Waals surface area contributed by atoms with Crippen LogP contribution in [0.15, 0.2) is 62.8 Å². The molecule has 0 radical (unpaired) electrons. The van der Waals surface area contributed by atoms with Gasteiger partial charge in [-0.05, 0) is 31.2 Å². The molecule has 0 saturated heterocycles. The molecule has 23 heavy (non-hydrogen) atoms. The van der Waals surface area contributed by atoms with Gasteiger partial charge in [0.15, 0.2) is 5.96 Å². The lowest BCUT2D eigenvalue weighted by Gasteiger charge is -2.21. The molecule has 0 spiro atoms. The van der Waals surface area contributed by atoms with Crippen LogP contribution in [0.3, 0.4) is 0 Å². The summed E-state index contributed by atoms with van der Waals surface area (Å²) in [4.78, 5) is 6.61. The van der Waals surface area contributed by atoms with E-state index in [0.717, 1.165) is 36.0 Å². The first-order chi connectivity index (χ1) is 10.6. The molecule has 126 valence electrons. The SMILES string of the molecule is C=C(C)CN=C(NCCc1ccco1)N(C)Cc1ccco1.I. The van der Waals surface area contributed by atoms with E-state index in [0.29, 0.717) is 13.1 Å². The summed E-state index contributed by atoms with van der Waals surface area (Å²) in [5, 5.41) is 3.36. The highest BCUT2D eigenvalue weighted by Gasteiger charge is 2.09. The molecule has 6 heteroatoms. The van der Waals surface area contributed by atoms with Gasteiger partial charge >= 0.3 is 0 Å². The Labute approximate surface area is 154 Å². The molecule has 0 aliphatic rings. The van der Waals surface area contributed by atoms with Crippen molar-refractivity contribution in [2.75, 3.05) is 20.1 Å². The summed E-state index contributed by atoms with van der Waals surface area (Å²) in [7, 11) is 1.99. The number of furan rings is 2. The van der Waals surface area contributed by atoms with E-state index in [1.165, 1.54) is 0 Å². The lowest BCUT2D eigenvalue weighted by atomic mass is 10.3. The van der Waals surface area contributed by atoms with Gasteiger partial charge in [0.25, 0.3) is 0 Å². The third-order valence-corrected chi connectivity index (χ3v) is 3.07. The average molecular weight is 429 g/mol. The van der Waals surface area contributed by atoms with E-state index in [4.69, 9.17) is 8.83 Å². The smallest absolute Gasteiger partial charge is 0.194 e. The Hall–Kier alpha value is -1.70. The number of rotatable bonds is 7. The van der Waals surface area contributed by atoms with Gasteiger partial charge in [0.05, 0.1) is 25.6 Å². The van der Waals surface area contributed by atoms with Crippen LogP contribution in [0.25, 0.3) is 0 Å². The first-order valence-electron chi connectivity index (χ1n) is 7.33. The van der Waals surface area contributed by atoms with Gasteiger partial charge in [0.2, 0.25) is 0 Å². The average Bonchev–Trinajstić information content (AvgIpc) is 3.15. The highest BCUT2D eigenvalue weighted by molar-refractivity contribution is 14.0. The number of hydrogen-bond donors (Lipinski definition) is 1. The fourth-order valence-corrected chi connectivity index (χ4v) is 1.98. The number of nitrogens with one attached hydrogen (secondary N) is 1. The van der Waals surface area contributed by atoms with Gasteiger partial charge in [-0.15, -0.1) is 24.0 Å². The minimum atomic E-state index is 0. The summed E-state index contributed by atoms with van der Waals surface area (Å²) in [5.74, 6) is 2.68. The second-order valence-corrected chi connectivity index (χ2v) is 5.29. The molecule has 0 unspecified atom stereocenters. The molecular weight excluding hydrogens is 405 g/mol. The number of hydrogen-bond acceptors (Lipinski definition) is 3. The molecule has 2 aromatic rings. The Bertz CT molecular complexity index is 591. The van der Waals surface area contributed by atoms with E-state index in [1.807, 2.05) is 43.1 Å². The van der Waals surface area contributed by atoms with E-state index < -0.39 is 0 Å². The van der Waals surface area contributed by atoms with E-state index >= 15 is 0 Å². The van der Waals surface area contributed by atoms with Gasteiger partial charge in [-0.1, -0.05) is 12.2 Å². The Morgan fingerprint density at radius 3 is 2.43 bits per heavy atom. The fraction of sp³-hybridized carbons (Fsp3) is 0.353. The zero-order chi connectivity index (χ0) is 15.8. The molecule has 0 atom stereocenters. The summed E-state index contributed by atoms with van der Waals surface area (Å²) in [5.41, 5.74) is 1.02. The maximum atomic E-state index is 5.39. The second-order valence-electron chi connectivity index (χ2n) is 5.29. The zero-order valence-corrected chi connectivity index (χ0v) is 15.9. The van der Waals surface area contributed by atoms with Crippen molar-refractivity contribution in [3.05, 3.63) is 60.5 Å². The topological polar surface area (TPSA) is 53.9 Å². The van der Waals surface area contributed by atoms with Crippen molar-refractivity contribution in [3.8, 4) is 0 Å². The molecule has 0 bridgehead atoms. The van der Waals surface area contributed by atoms with E-state index in [2.05, 4.69) is 16.9 Å². The highest BCUT2D eigenvalue weighted by Crippen LogP contribution is 2.05. The second kappa shape index (κ2) is 10.1. The van der Waals surface area contributed by atoms with Crippen LogP contribution in [0.4, 0.5) is 0 Å². The van der Waals surface area contributed by atoms with Crippen molar-refractivity contribution in [1.82, 2.24) is 10.2 Å². The van der Waals surface area contributed by atoms with Gasteiger partial charge in [-0.2, -0.15) is 0 Å². The van der Waals surface area contributed by atoms with Crippen LogP contribution in [-0.2, 0) is 13.0 Å². The van der Waals surface area contributed by atoms with Crippen molar-refractivity contribution in [2.45, 2.75) is 19.9 Å². The van der Waals surface area contributed by atoms with Gasteiger partial charge < -0.3 is 19.1 Å². The molecule has 0 amide bonds. The third-order valence-electron chi connectivity index (χ3n) is 3.07. The van der Waals surface area contributed by atoms with Crippen LogP contribution in [0.5, 0.6) is 0 Å². The molecule has 2 rings (SSSR count). The maximum absolute atomic E-state index is 5.39. The molecule has 0 aliphatic carbocycles. The predicted octanol–water partition coefficient (Wildman–Crippen LogP) is 3.69. The first-order valence-corrected chi connectivity index (χ1v) is 7.33. The van der Waals surface area contributed by atoms with Crippen LogP contribution in [0.1, 0.15) is 18.4 Å². The van der Waals surface area contributed by atoms with Crippen LogP contribution < -0.4 is 5.32 Å². The van der Waals surface area contributed by atoms with Crippen molar-refractivity contribution in [2.24, 2.45) is 4.99 Å². The third kappa shape index (κ3) is 6.94. The largest absolute Gasteiger partial charge is 0.469 e. The first kappa shape index (κ1) is 19.3. The van der Waals surface area contributed by atoms with Crippen LogP contribution in [0, 0.1) is 0 Å². The number of nitrogens with zero attached hydrogens (tertiary/aromatic N) is 2. The molecule has 5 nitrogen and oxygen atoms in total. The van der Waals surface area contributed by atoms with E-state index in [-0.39, 0.29) is 24.0 Å². The summed E-state index contributed by atoms with van der Waals surface area (Å²) >= 11 is 0. The quantitative estimate of drug-likeness (QED) is 0.316. The molecule has 0 aliphatic heterocycles. The van der Waals surface area contributed by atoms with Crippen molar-refractivity contribution < 1.29 is 8.83 Å². The van der Waals surface area contributed by atoms with E-state index in [1.54, 1.807) is 12.5 Å². The van der Waals surface area contributed by atoms with Crippen LogP contribution in [0.2, 0.25) is 0 Å². The lowest BCUT2D eigenvalue weighted by Crippen LogP contribution is -2.39. The van der Waals surface area contributed by atoms with Crippen LogP contribution in [-0.4, -0.2) is 31.0 Å². The fourth-order valence-electron chi connectivity index (χ4n) is 1.98. The molecule has 1 N–H and O–H groups in total. The van der Waals surface area contributed by atoms with Gasteiger partial charge in [-0.3, -0.25) is 0 Å². The molecule has 0 fully saturated rings. The van der Waals surface area contributed by atoms with Gasteiger partial charge in [0, 0.05) is 20.0 Å². The molecule has 2 heterocycles. The minimum absolute atomic E-state index is 0. The Morgan fingerprint density at radius 2 is 1.87 bits per heavy atom. The Morgan fingerprint density at radius 1 is 1.22 bits per heavy atom. The van der Waals surface area contributed by atoms with Crippen molar-refractivity contribution in [3.63, 3.8) is 0 Å². The number of guanidine groups is 1. The standard InChI is InChI=1S/C17H23N3O2.HI/c1-14(2)12-19-17(18-9-8-15-6-4-10-21-15)20(3)13-16-7-5-11-22-16;/h4-7,10-11H,1,8-9,12-13H2,2-3H3,(H,18,19);1H. The van der Waals surface area contributed by atoms with Crippen LogP contribution >= 0.6 is 24.0 Å². The van der Waals surface area contributed by atoms with Gasteiger partial charge in [0.1, 0.15) is 11.5 Å². The predicted molar refractivity (Wildman–Crippen MR) is 103 cm³/mol. The lowest BCUT2D eigenvalue weighted by molar-refractivity contribution is 0.399. The summed E-state index contributed by atoms with van der Waals surface area (Å²) in [6.45, 7) is 7.89. The van der Waals surface area contributed by atoms with E-state index in [9.17, 15) is 0 Å². The summed E-state index contributed by atoms with van der Waals surface area (Å²) in [6.07, 6.45) is 4.18. The van der Waals surface area contributed by atoms with Gasteiger partial charge in [-0.25, -0.2) is 4.99 Å². The Balaban J connectivity index is 0.00000264. The molecular formula is C17H24IN3O2. The minimum Gasteiger partial charge on any atom is -0.469 e.